The highest BCUT2D eigenvalue weighted by molar-refractivity contribution is 5.75. The molecule has 0 saturated carbocycles. The number of methoxy groups -OCH3 is 2. The van der Waals surface area contributed by atoms with Crippen LogP contribution in [0.5, 0.6) is 11.5 Å². The molecular weight excluding hydrogens is 306 g/mol. The van der Waals surface area contributed by atoms with Gasteiger partial charge in [-0.1, -0.05) is 12.1 Å². The summed E-state index contributed by atoms with van der Waals surface area (Å²) >= 11 is 0. The Bertz CT molecular complexity index is 556. The van der Waals surface area contributed by atoms with Gasteiger partial charge in [0.25, 0.3) is 0 Å². The molecule has 0 aliphatic carbocycles. The minimum absolute atomic E-state index is 0.0538. The second-order valence-corrected chi connectivity index (χ2v) is 6.40. The summed E-state index contributed by atoms with van der Waals surface area (Å²) in [6.45, 7) is 4.01. The van der Waals surface area contributed by atoms with Gasteiger partial charge in [-0.25, -0.2) is 4.79 Å². The van der Waals surface area contributed by atoms with Crippen molar-refractivity contribution in [1.82, 2.24) is 15.1 Å². The molecule has 1 aliphatic rings. The predicted molar refractivity (Wildman–Crippen MR) is 94.8 cm³/mol. The van der Waals surface area contributed by atoms with Crippen LogP contribution in [0.25, 0.3) is 0 Å². The van der Waals surface area contributed by atoms with Gasteiger partial charge < -0.3 is 24.6 Å². The highest BCUT2D eigenvalue weighted by Crippen LogP contribution is 2.34. The summed E-state index contributed by atoms with van der Waals surface area (Å²) in [7, 11) is 7.22. The van der Waals surface area contributed by atoms with E-state index in [1.807, 2.05) is 37.1 Å². The smallest absolute Gasteiger partial charge is 0.317 e. The van der Waals surface area contributed by atoms with Gasteiger partial charge in [-0.3, -0.25) is 0 Å². The first-order valence-corrected chi connectivity index (χ1v) is 8.40. The average molecular weight is 335 g/mol. The van der Waals surface area contributed by atoms with Gasteiger partial charge in [-0.2, -0.15) is 0 Å². The number of nitrogens with zero attached hydrogens (tertiary/aromatic N) is 2. The second kappa shape index (κ2) is 8.24. The van der Waals surface area contributed by atoms with Crippen LogP contribution in [0.4, 0.5) is 4.79 Å². The molecule has 0 aromatic heterocycles. The Morgan fingerprint density at radius 3 is 2.54 bits per heavy atom. The molecule has 6 nitrogen and oxygen atoms in total. The number of rotatable bonds is 5. The zero-order valence-electron chi connectivity index (χ0n) is 15.3. The highest BCUT2D eigenvalue weighted by atomic mass is 16.5. The number of piperidine rings is 1. The van der Waals surface area contributed by atoms with Crippen LogP contribution in [0.2, 0.25) is 0 Å². The molecule has 0 bridgehead atoms. The molecule has 1 aromatic rings. The van der Waals surface area contributed by atoms with Gasteiger partial charge in [-0.05, 0) is 46.0 Å². The van der Waals surface area contributed by atoms with Gasteiger partial charge in [0, 0.05) is 18.7 Å². The van der Waals surface area contributed by atoms with Crippen molar-refractivity contribution in [3.05, 3.63) is 23.8 Å². The molecule has 134 valence electrons. The van der Waals surface area contributed by atoms with Gasteiger partial charge in [0.15, 0.2) is 11.5 Å². The number of ether oxygens (including phenoxy) is 2. The normalized spacial score (nSPS) is 17.2. The zero-order chi connectivity index (χ0) is 17.7. The molecule has 6 heteroatoms. The molecule has 1 unspecified atom stereocenters. The quantitative estimate of drug-likeness (QED) is 0.898. The number of nitrogens with one attached hydrogen (secondary N) is 1. The van der Waals surface area contributed by atoms with Crippen molar-refractivity contribution in [3.63, 3.8) is 0 Å². The van der Waals surface area contributed by atoms with Gasteiger partial charge in [0.1, 0.15) is 0 Å². The maximum absolute atomic E-state index is 12.6. The number of hydrogen-bond acceptors (Lipinski definition) is 4. The fourth-order valence-electron chi connectivity index (χ4n) is 3.17. The van der Waals surface area contributed by atoms with E-state index in [-0.39, 0.29) is 12.1 Å². The maximum atomic E-state index is 12.6. The summed E-state index contributed by atoms with van der Waals surface area (Å²) in [4.78, 5) is 16.7. The molecule has 1 saturated heterocycles. The topological polar surface area (TPSA) is 54.0 Å². The van der Waals surface area contributed by atoms with Crippen LogP contribution >= 0.6 is 0 Å². The summed E-state index contributed by atoms with van der Waals surface area (Å²) in [5.41, 5.74) is 0.905. The second-order valence-electron chi connectivity index (χ2n) is 6.40. The van der Waals surface area contributed by atoms with Crippen molar-refractivity contribution in [2.75, 3.05) is 41.4 Å². The van der Waals surface area contributed by atoms with E-state index in [1.54, 1.807) is 14.2 Å². The molecule has 1 atom stereocenters. The predicted octanol–water partition coefficient (Wildman–Crippen LogP) is 2.50. The SMILES string of the molecule is COc1cccc(C(C)NC(=O)N(C)C2CCN(C)CC2)c1OC. The van der Waals surface area contributed by atoms with Crippen LogP contribution in [-0.2, 0) is 0 Å². The molecule has 0 spiro atoms. The van der Waals surface area contributed by atoms with Gasteiger partial charge >= 0.3 is 6.03 Å². The maximum Gasteiger partial charge on any atom is 0.317 e. The lowest BCUT2D eigenvalue weighted by Gasteiger charge is -2.35. The Morgan fingerprint density at radius 2 is 1.96 bits per heavy atom. The van der Waals surface area contributed by atoms with Crippen molar-refractivity contribution in [2.45, 2.75) is 31.8 Å². The lowest BCUT2D eigenvalue weighted by Crippen LogP contribution is -2.48. The van der Waals surface area contributed by atoms with Crippen LogP contribution < -0.4 is 14.8 Å². The van der Waals surface area contributed by atoms with Crippen molar-refractivity contribution >= 4 is 6.03 Å². The van der Waals surface area contributed by atoms with E-state index in [0.717, 1.165) is 31.5 Å². The molecular formula is C18H29N3O3. The minimum Gasteiger partial charge on any atom is -0.493 e. The third kappa shape index (κ3) is 4.12. The molecule has 2 amide bonds. The van der Waals surface area contributed by atoms with Crippen LogP contribution in [0.15, 0.2) is 18.2 Å². The van der Waals surface area contributed by atoms with Gasteiger partial charge in [0.05, 0.1) is 20.3 Å². The van der Waals surface area contributed by atoms with E-state index < -0.39 is 0 Å². The largest absolute Gasteiger partial charge is 0.493 e. The molecule has 1 fully saturated rings. The summed E-state index contributed by atoms with van der Waals surface area (Å²) < 4.78 is 10.8. The fraction of sp³-hybridized carbons (Fsp3) is 0.611. The van der Waals surface area contributed by atoms with Crippen molar-refractivity contribution in [3.8, 4) is 11.5 Å². The zero-order valence-corrected chi connectivity index (χ0v) is 15.3. The summed E-state index contributed by atoms with van der Waals surface area (Å²) in [5, 5.41) is 3.07. The average Bonchev–Trinajstić information content (AvgIpc) is 2.60. The number of carbonyl (C=O) groups excluding carboxylic acids is 1. The molecule has 24 heavy (non-hydrogen) atoms. The summed E-state index contributed by atoms with van der Waals surface area (Å²) in [5.74, 6) is 1.33. The van der Waals surface area contributed by atoms with Crippen molar-refractivity contribution in [1.29, 1.82) is 0 Å². The van der Waals surface area contributed by atoms with Crippen LogP contribution in [0.3, 0.4) is 0 Å². The first kappa shape index (κ1) is 18.4. The van der Waals surface area contributed by atoms with E-state index in [1.165, 1.54) is 0 Å². The number of hydrogen-bond donors (Lipinski definition) is 1. The molecule has 2 rings (SSSR count). The Balaban J connectivity index is 2.03. The van der Waals surface area contributed by atoms with E-state index in [2.05, 4.69) is 17.3 Å². The third-order valence-electron chi connectivity index (χ3n) is 4.80. The first-order valence-electron chi connectivity index (χ1n) is 8.40. The number of amides is 2. The van der Waals surface area contributed by atoms with E-state index in [9.17, 15) is 4.79 Å². The number of para-hydroxylation sites is 1. The summed E-state index contributed by atoms with van der Waals surface area (Å²) in [6.07, 6.45) is 2.02. The Hall–Kier alpha value is -1.95. The van der Waals surface area contributed by atoms with E-state index >= 15 is 0 Å². The number of benzene rings is 1. The highest BCUT2D eigenvalue weighted by Gasteiger charge is 2.25. The Labute approximate surface area is 144 Å². The number of likely N-dealkylation sites (tertiary alicyclic amines) is 1. The lowest BCUT2D eigenvalue weighted by molar-refractivity contribution is 0.146. The molecule has 1 aromatic carbocycles. The van der Waals surface area contributed by atoms with Crippen molar-refractivity contribution < 1.29 is 14.3 Å². The number of urea groups is 1. The lowest BCUT2D eigenvalue weighted by atomic mass is 10.0. The molecule has 1 aliphatic heterocycles. The van der Waals surface area contributed by atoms with Crippen molar-refractivity contribution in [2.24, 2.45) is 0 Å². The number of carbonyl (C=O) groups is 1. The Kier molecular flexibility index (Phi) is 6.31. The van der Waals surface area contributed by atoms with Crippen LogP contribution in [0.1, 0.15) is 31.4 Å². The first-order chi connectivity index (χ1) is 11.5. The Morgan fingerprint density at radius 1 is 1.29 bits per heavy atom. The van der Waals surface area contributed by atoms with E-state index in [0.29, 0.717) is 17.5 Å². The van der Waals surface area contributed by atoms with Crippen LogP contribution in [0, 0.1) is 0 Å². The monoisotopic (exact) mass is 335 g/mol. The van der Waals surface area contributed by atoms with Crippen LogP contribution in [-0.4, -0.2) is 63.3 Å². The third-order valence-corrected chi connectivity index (χ3v) is 4.80. The fourth-order valence-corrected chi connectivity index (χ4v) is 3.17. The molecule has 0 radical (unpaired) electrons. The minimum atomic E-state index is -0.170. The van der Waals surface area contributed by atoms with Gasteiger partial charge in [-0.15, -0.1) is 0 Å². The van der Waals surface area contributed by atoms with E-state index in [4.69, 9.17) is 9.47 Å². The molecule has 1 N–H and O–H groups in total. The standard InChI is InChI=1S/C18H29N3O3/c1-13(15-7-6-8-16(23-4)17(15)24-5)19-18(22)21(3)14-9-11-20(2)12-10-14/h6-8,13-14H,9-12H2,1-5H3,(H,19,22). The van der Waals surface area contributed by atoms with Gasteiger partial charge in [0.2, 0.25) is 0 Å². The molecule has 1 heterocycles. The summed E-state index contributed by atoms with van der Waals surface area (Å²) in [6, 6.07) is 5.77.